The van der Waals surface area contributed by atoms with E-state index in [-0.39, 0.29) is 18.9 Å². The summed E-state index contributed by atoms with van der Waals surface area (Å²) < 4.78 is 22.8. The summed E-state index contributed by atoms with van der Waals surface area (Å²) in [6, 6.07) is -0.944. The first kappa shape index (κ1) is 78.3. The SMILES string of the molecule is CC/C=C\C/C=C\C/C=C\C/C=C\CCCCCCCCCCCCCCCCC(=O)NC(COC1OC(CO)C(OC2OC(CO)C(O)C(O)C2O)C(O)C1O)C(O)/C=C/CC/C=C/CC/C=C/CCCCCCCCCCCCCCCC. The van der Waals surface area contributed by atoms with Gasteiger partial charge >= 0.3 is 0 Å². The van der Waals surface area contributed by atoms with Gasteiger partial charge in [-0.15, -0.1) is 0 Å². The highest BCUT2D eigenvalue weighted by Crippen LogP contribution is 2.30. The average Bonchev–Trinajstić information content (AvgIpc) is 3.68. The van der Waals surface area contributed by atoms with Crippen molar-refractivity contribution in [2.75, 3.05) is 19.8 Å². The van der Waals surface area contributed by atoms with Crippen molar-refractivity contribution in [3.05, 3.63) is 85.1 Å². The van der Waals surface area contributed by atoms with Gasteiger partial charge in [-0.05, 0) is 83.5 Å². The largest absolute Gasteiger partial charge is 0.394 e. The molecule has 492 valence electrons. The number of allylic oxidation sites excluding steroid dienone is 13. The minimum absolute atomic E-state index is 0.255. The van der Waals surface area contributed by atoms with E-state index in [1.54, 1.807) is 6.08 Å². The molecule has 0 aromatic carbocycles. The molecule has 0 bridgehead atoms. The zero-order valence-electron chi connectivity index (χ0n) is 53.3. The molecule has 85 heavy (non-hydrogen) atoms. The Labute approximate surface area is 516 Å². The van der Waals surface area contributed by atoms with Crippen LogP contribution < -0.4 is 5.32 Å². The Hall–Kier alpha value is -2.83. The van der Waals surface area contributed by atoms with E-state index in [4.69, 9.17) is 18.9 Å². The number of ether oxygens (including phenoxy) is 4. The summed E-state index contributed by atoms with van der Waals surface area (Å²) in [6.45, 7) is 2.68. The van der Waals surface area contributed by atoms with Crippen LogP contribution in [-0.2, 0) is 23.7 Å². The Bertz CT molecular complexity index is 1750. The lowest BCUT2D eigenvalue weighted by Crippen LogP contribution is -2.65. The number of rotatable bonds is 55. The number of hydrogen-bond acceptors (Lipinski definition) is 13. The molecule has 2 rings (SSSR count). The van der Waals surface area contributed by atoms with Crippen molar-refractivity contribution >= 4 is 5.91 Å². The second kappa shape index (κ2) is 55.3. The van der Waals surface area contributed by atoms with Gasteiger partial charge in [-0.1, -0.05) is 259 Å². The molecule has 0 aromatic rings. The van der Waals surface area contributed by atoms with Gasteiger partial charge in [0.2, 0.25) is 5.91 Å². The van der Waals surface area contributed by atoms with Gasteiger partial charge in [-0.2, -0.15) is 0 Å². The predicted molar refractivity (Wildman–Crippen MR) is 346 cm³/mol. The van der Waals surface area contributed by atoms with Gasteiger partial charge in [0, 0.05) is 6.42 Å². The summed E-state index contributed by atoms with van der Waals surface area (Å²) in [5.74, 6) is -0.255. The van der Waals surface area contributed by atoms with Gasteiger partial charge in [0.05, 0.1) is 32.0 Å². The molecule has 9 N–H and O–H groups in total. The van der Waals surface area contributed by atoms with E-state index in [2.05, 4.69) is 92.1 Å². The van der Waals surface area contributed by atoms with Gasteiger partial charge in [-0.3, -0.25) is 4.79 Å². The molecule has 2 aliphatic rings. The van der Waals surface area contributed by atoms with Gasteiger partial charge in [0.25, 0.3) is 0 Å². The van der Waals surface area contributed by atoms with Gasteiger partial charge in [0.15, 0.2) is 12.6 Å². The number of aliphatic hydroxyl groups is 8. The van der Waals surface area contributed by atoms with Crippen LogP contribution in [0.3, 0.4) is 0 Å². The molecule has 1 amide bonds. The van der Waals surface area contributed by atoms with Gasteiger partial charge < -0.3 is 65.1 Å². The van der Waals surface area contributed by atoms with E-state index in [0.717, 1.165) is 70.6 Å². The Balaban J connectivity index is 1.72. The fourth-order valence-corrected chi connectivity index (χ4v) is 10.8. The molecule has 12 unspecified atom stereocenters. The van der Waals surface area contributed by atoms with Crippen LogP contribution in [0.15, 0.2) is 85.1 Å². The highest BCUT2D eigenvalue weighted by molar-refractivity contribution is 5.76. The van der Waals surface area contributed by atoms with Crippen LogP contribution in [-0.4, -0.2) is 140 Å². The number of carbonyl (C=O) groups is 1. The van der Waals surface area contributed by atoms with E-state index in [1.165, 1.54) is 161 Å². The first-order valence-corrected chi connectivity index (χ1v) is 34.3. The molecule has 14 heteroatoms. The molecule has 2 fully saturated rings. The van der Waals surface area contributed by atoms with Crippen molar-refractivity contribution in [2.24, 2.45) is 0 Å². The molecule has 2 heterocycles. The summed E-state index contributed by atoms with van der Waals surface area (Å²) in [5.41, 5.74) is 0. The van der Waals surface area contributed by atoms with Crippen LogP contribution in [0.25, 0.3) is 0 Å². The molecular weight excluding hydrogens is 1070 g/mol. The van der Waals surface area contributed by atoms with Crippen molar-refractivity contribution in [3.8, 4) is 0 Å². The average molecular weight is 1200 g/mol. The second-order valence-electron chi connectivity index (χ2n) is 23.9. The Kier molecular flexibility index (Phi) is 50.9. The normalized spacial score (nSPS) is 24.1. The third kappa shape index (κ3) is 39.7. The van der Waals surface area contributed by atoms with Crippen LogP contribution in [0.4, 0.5) is 0 Å². The first-order chi connectivity index (χ1) is 41.6. The molecule has 14 nitrogen and oxygen atoms in total. The maximum Gasteiger partial charge on any atom is 0.220 e. The quantitative estimate of drug-likeness (QED) is 0.0204. The van der Waals surface area contributed by atoms with Crippen molar-refractivity contribution in [1.82, 2.24) is 5.32 Å². The molecule has 0 spiro atoms. The second-order valence-corrected chi connectivity index (χ2v) is 23.9. The number of amides is 1. The number of aliphatic hydroxyl groups excluding tert-OH is 8. The van der Waals surface area contributed by atoms with E-state index in [0.29, 0.717) is 12.8 Å². The van der Waals surface area contributed by atoms with E-state index >= 15 is 0 Å². The maximum absolute atomic E-state index is 13.3. The number of hydrogen-bond donors (Lipinski definition) is 9. The minimum atomic E-state index is -1.80. The van der Waals surface area contributed by atoms with Crippen LogP contribution in [0.1, 0.15) is 264 Å². The lowest BCUT2D eigenvalue weighted by Gasteiger charge is -2.46. The van der Waals surface area contributed by atoms with Crippen LogP contribution in [0.2, 0.25) is 0 Å². The third-order valence-corrected chi connectivity index (χ3v) is 16.3. The van der Waals surface area contributed by atoms with Gasteiger partial charge in [0.1, 0.15) is 48.8 Å². The molecular formula is C71H125NO13. The highest BCUT2D eigenvalue weighted by Gasteiger charge is 2.51. The number of unbranched alkanes of at least 4 members (excludes halogenated alkanes) is 30. The molecule has 2 saturated heterocycles. The standard InChI is InChI=1S/C71H125NO13/c1-3-5-7-9-11-13-15-17-19-21-23-25-27-29-30-31-33-35-37-39-41-43-45-47-49-51-53-55-63(76)72-59(58-82-70-68(81)66(79)69(62(57-74)84-70)85-71-67(80)65(78)64(77)61(56-73)83-71)60(75)54-52-50-48-46-44-42-40-38-36-34-32-28-26-24-22-20-18-16-14-12-10-8-6-4-2/h5,7,11,13,17,19,23,25,36,38,44,46,52,54,59-62,64-71,73-75,77-81H,3-4,6,8-10,12,14-16,18,20-22,24,26-35,37,39-43,45,47-51,53,55-58H2,1-2H3,(H,72,76)/b7-5-,13-11-,19-17-,25-23-,38-36+,46-44+,54-52+. The fraction of sp³-hybridized carbons (Fsp3) is 0.789. The monoisotopic (exact) mass is 1200 g/mol. The summed E-state index contributed by atoms with van der Waals surface area (Å²) in [6.07, 6.45) is 59.2. The smallest absolute Gasteiger partial charge is 0.220 e. The van der Waals surface area contributed by atoms with Crippen molar-refractivity contribution < 1.29 is 64.6 Å². The highest BCUT2D eigenvalue weighted by atomic mass is 16.7. The van der Waals surface area contributed by atoms with Gasteiger partial charge in [-0.25, -0.2) is 0 Å². The summed E-state index contributed by atoms with van der Waals surface area (Å²) >= 11 is 0. The molecule has 12 atom stereocenters. The van der Waals surface area contributed by atoms with Crippen LogP contribution >= 0.6 is 0 Å². The lowest BCUT2D eigenvalue weighted by atomic mass is 9.97. The first-order valence-electron chi connectivity index (χ1n) is 34.3. The number of nitrogens with one attached hydrogen (secondary N) is 1. The van der Waals surface area contributed by atoms with Crippen molar-refractivity contribution in [3.63, 3.8) is 0 Å². The topological polar surface area (TPSA) is 228 Å². The van der Waals surface area contributed by atoms with Crippen molar-refractivity contribution in [1.29, 1.82) is 0 Å². The number of carbonyl (C=O) groups excluding carboxylic acids is 1. The zero-order valence-corrected chi connectivity index (χ0v) is 53.3. The van der Waals surface area contributed by atoms with Crippen LogP contribution in [0, 0.1) is 0 Å². The summed E-state index contributed by atoms with van der Waals surface area (Å²) in [5, 5.41) is 87.4. The molecule has 0 aliphatic carbocycles. The summed E-state index contributed by atoms with van der Waals surface area (Å²) in [4.78, 5) is 13.3. The van der Waals surface area contributed by atoms with E-state index in [1.807, 2.05) is 6.08 Å². The molecule has 0 saturated carbocycles. The van der Waals surface area contributed by atoms with E-state index < -0.39 is 86.8 Å². The molecule has 0 radical (unpaired) electrons. The van der Waals surface area contributed by atoms with Crippen molar-refractivity contribution in [2.45, 2.75) is 338 Å². The Morgan fingerprint density at radius 2 is 0.824 bits per heavy atom. The zero-order chi connectivity index (χ0) is 61.6. The fourth-order valence-electron chi connectivity index (χ4n) is 10.8. The maximum atomic E-state index is 13.3. The minimum Gasteiger partial charge on any atom is -0.394 e. The summed E-state index contributed by atoms with van der Waals surface area (Å²) in [7, 11) is 0. The van der Waals surface area contributed by atoms with E-state index in [9.17, 15) is 45.6 Å². The van der Waals surface area contributed by atoms with Crippen LogP contribution in [0.5, 0.6) is 0 Å². The molecule has 0 aromatic heterocycles. The third-order valence-electron chi connectivity index (χ3n) is 16.3. The predicted octanol–water partition coefficient (Wildman–Crippen LogP) is 13.6. The molecule has 2 aliphatic heterocycles. The lowest BCUT2D eigenvalue weighted by molar-refractivity contribution is -0.359. The Morgan fingerprint density at radius 1 is 0.435 bits per heavy atom. The Morgan fingerprint density at radius 3 is 1.29 bits per heavy atom.